The fourth-order valence-electron chi connectivity index (χ4n) is 1.58. The number of halogens is 4. The van der Waals surface area contributed by atoms with E-state index < -0.39 is 6.36 Å². The molecule has 2 rings (SSSR count). The zero-order valence-electron chi connectivity index (χ0n) is 10.2. The van der Waals surface area contributed by atoms with Crippen LogP contribution < -0.4 is 10.1 Å². The highest BCUT2D eigenvalue weighted by Crippen LogP contribution is 2.23. The highest BCUT2D eigenvalue weighted by molar-refractivity contribution is 9.10. The molecule has 0 amide bonds. The van der Waals surface area contributed by atoms with Crippen molar-refractivity contribution < 1.29 is 17.9 Å². The fraction of sp³-hybridized carbons (Fsp3) is 0.231. The van der Waals surface area contributed by atoms with Crippen molar-refractivity contribution >= 4 is 27.3 Å². The number of hydrogen-bond acceptors (Lipinski definition) is 3. The maximum absolute atomic E-state index is 12.0. The summed E-state index contributed by atoms with van der Waals surface area (Å²) in [6, 6.07) is 7.82. The Morgan fingerprint density at radius 3 is 2.35 bits per heavy atom. The normalized spacial score (nSPS) is 11.6. The fourth-order valence-corrected chi connectivity index (χ4v) is 3.04. The molecule has 1 N–H and O–H groups in total. The number of benzene rings is 1. The zero-order valence-corrected chi connectivity index (χ0v) is 12.6. The molecule has 0 atom stereocenters. The molecule has 0 aliphatic rings. The second-order valence-corrected chi connectivity index (χ2v) is 5.84. The van der Waals surface area contributed by atoms with Gasteiger partial charge in [0.2, 0.25) is 0 Å². The Morgan fingerprint density at radius 1 is 1.10 bits per heavy atom. The molecule has 1 heterocycles. The van der Waals surface area contributed by atoms with E-state index in [0.29, 0.717) is 13.1 Å². The predicted octanol–water partition coefficient (Wildman–Crippen LogP) is 4.70. The molecule has 1 aromatic carbocycles. The van der Waals surface area contributed by atoms with Gasteiger partial charge in [0.15, 0.2) is 0 Å². The summed E-state index contributed by atoms with van der Waals surface area (Å²) in [4.78, 5) is 1.18. The Bertz CT molecular complexity index is 553. The van der Waals surface area contributed by atoms with Gasteiger partial charge in [0.1, 0.15) is 5.75 Å². The summed E-state index contributed by atoms with van der Waals surface area (Å²) in [6.45, 7) is 1.29. The Labute approximate surface area is 126 Å². The lowest BCUT2D eigenvalue weighted by Gasteiger charge is -2.09. The summed E-state index contributed by atoms with van der Waals surface area (Å²) in [6.07, 6.45) is -4.65. The number of nitrogens with one attached hydrogen (secondary N) is 1. The van der Waals surface area contributed by atoms with Crippen LogP contribution in [0.25, 0.3) is 0 Å². The van der Waals surface area contributed by atoms with Crippen molar-refractivity contribution in [2.24, 2.45) is 0 Å². The molecule has 0 saturated carbocycles. The number of alkyl halides is 3. The van der Waals surface area contributed by atoms with Crippen molar-refractivity contribution in [1.82, 2.24) is 5.32 Å². The maximum atomic E-state index is 12.0. The van der Waals surface area contributed by atoms with E-state index in [4.69, 9.17) is 0 Å². The van der Waals surface area contributed by atoms with Crippen molar-refractivity contribution in [3.8, 4) is 5.75 Å². The second kappa shape index (κ2) is 6.60. The van der Waals surface area contributed by atoms with Crippen LogP contribution in [-0.4, -0.2) is 6.36 Å². The predicted molar refractivity (Wildman–Crippen MR) is 75.7 cm³/mol. The minimum absolute atomic E-state index is 0.206. The summed E-state index contributed by atoms with van der Waals surface area (Å²) < 4.78 is 40.9. The minimum atomic E-state index is -4.65. The van der Waals surface area contributed by atoms with Crippen molar-refractivity contribution in [3.05, 3.63) is 50.6 Å². The highest BCUT2D eigenvalue weighted by Gasteiger charge is 2.30. The molecule has 0 fully saturated rings. The van der Waals surface area contributed by atoms with Crippen LogP contribution in [0.5, 0.6) is 5.75 Å². The molecule has 2 aromatic rings. The molecule has 7 heteroatoms. The van der Waals surface area contributed by atoms with Crippen LogP contribution in [0.1, 0.15) is 10.4 Å². The van der Waals surface area contributed by atoms with Crippen LogP contribution >= 0.6 is 27.3 Å². The quantitative estimate of drug-likeness (QED) is 0.829. The Kier molecular flexibility index (Phi) is 5.06. The lowest BCUT2D eigenvalue weighted by Crippen LogP contribution is -2.17. The topological polar surface area (TPSA) is 21.3 Å². The van der Waals surface area contributed by atoms with E-state index in [2.05, 4.69) is 26.0 Å². The van der Waals surface area contributed by atoms with Crippen molar-refractivity contribution in [2.45, 2.75) is 19.5 Å². The molecule has 0 radical (unpaired) electrons. The lowest BCUT2D eigenvalue weighted by atomic mass is 10.2. The van der Waals surface area contributed by atoms with Gasteiger partial charge in [0.25, 0.3) is 0 Å². The van der Waals surface area contributed by atoms with Crippen molar-refractivity contribution in [3.63, 3.8) is 0 Å². The summed E-state index contributed by atoms with van der Waals surface area (Å²) in [5.41, 5.74) is 0.896. The molecule has 0 saturated heterocycles. The van der Waals surface area contributed by atoms with E-state index >= 15 is 0 Å². The zero-order chi connectivity index (χ0) is 14.6. The molecule has 0 aliphatic heterocycles. The minimum Gasteiger partial charge on any atom is -0.406 e. The molecule has 0 spiro atoms. The Morgan fingerprint density at radius 2 is 1.80 bits per heavy atom. The van der Waals surface area contributed by atoms with E-state index in [-0.39, 0.29) is 5.75 Å². The second-order valence-electron chi connectivity index (χ2n) is 3.99. The molecule has 108 valence electrons. The van der Waals surface area contributed by atoms with E-state index in [1.807, 2.05) is 11.4 Å². The van der Waals surface area contributed by atoms with Crippen LogP contribution in [0.15, 0.2) is 40.2 Å². The van der Waals surface area contributed by atoms with Crippen LogP contribution in [0.3, 0.4) is 0 Å². The van der Waals surface area contributed by atoms with Gasteiger partial charge in [-0.1, -0.05) is 12.1 Å². The maximum Gasteiger partial charge on any atom is 0.573 e. The van der Waals surface area contributed by atoms with Crippen molar-refractivity contribution in [1.29, 1.82) is 0 Å². The van der Waals surface area contributed by atoms with Gasteiger partial charge >= 0.3 is 6.36 Å². The number of rotatable bonds is 5. The molecular weight excluding hydrogens is 355 g/mol. The van der Waals surface area contributed by atoms with Gasteiger partial charge in [-0.05, 0) is 45.1 Å². The first kappa shape index (κ1) is 15.3. The first-order valence-corrected chi connectivity index (χ1v) is 7.38. The first-order valence-electron chi connectivity index (χ1n) is 5.71. The third kappa shape index (κ3) is 4.81. The Balaban J connectivity index is 1.83. The smallest absolute Gasteiger partial charge is 0.406 e. The van der Waals surface area contributed by atoms with E-state index in [1.165, 1.54) is 17.0 Å². The van der Waals surface area contributed by atoms with Crippen LogP contribution in [0.2, 0.25) is 0 Å². The van der Waals surface area contributed by atoms with Gasteiger partial charge in [-0.2, -0.15) is 0 Å². The summed E-state index contributed by atoms with van der Waals surface area (Å²) in [5.74, 6) is -0.206. The van der Waals surface area contributed by atoms with Gasteiger partial charge in [-0.25, -0.2) is 0 Å². The monoisotopic (exact) mass is 365 g/mol. The van der Waals surface area contributed by atoms with Gasteiger partial charge in [0, 0.05) is 22.4 Å². The standard InChI is InChI=1S/C13H11BrF3NOS/c14-11-5-6-20-12(11)8-18-7-9-1-3-10(4-2-9)19-13(15,16)17/h1-6,18H,7-8H2. The first-order chi connectivity index (χ1) is 9.44. The average Bonchev–Trinajstić information content (AvgIpc) is 2.76. The number of thiophene rings is 1. The lowest BCUT2D eigenvalue weighted by molar-refractivity contribution is -0.274. The summed E-state index contributed by atoms with van der Waals surface area (Å²) in [5, 5.41) is 5.22. The van der Waals surface area contributed by atoms with E-state index in [9.17, 15) is 13.2 Å². The molecule has 20 heavy (non-hydrogen) atoms. The van der Waals surface area contributed by atoms with Gasteiger partial charge in [0.05, 0.1) is 0 Å². The molecule has 0 aliphatic carbocycles. The van der Waals surface area contributed by atoms with Crippen LogP contribution in [0.4, 0.5) is 13.2 Å². The average molecular weight is 366 g/mol. The van der Waals surface area contributed by atoms with Crippen molar-refractivity contribution in [2.75, 3.05) is 0 Å². The molecule has 2 nitrogen and oxygen atoms in total. The number of hydrogen-bond donors (Lipinski definition) is 1. The van der Waals surface area contributed by atoms with E-state index in [0.717, 1.165) is 10.0 Å². The SMILES string of the molecule is FC(F)(F)Oc1ccc(CNCc2sccc2Br)cc1. The van der Waals surface area contributed by atoms with Crippen LogP contribution in [-0.2, 0) is 13.1 Å². The molecule has 0 unspecified atom stereocenters. The number of ether oxygens (including phenoxy) is 1. The summed E-state index contributed by atoms with van der Waals surface area (Å²) in [7, 11) is 0. The van der Waals surface area contributed by atoms with Crippen LogP contribution in [0, 0.1) is 0 Å². The molecule has 1 aromatic heterocycles. The van der Waals surface area contributed by atoms with Gasteiger partial charge in [-0.15, -0.1) is 24.5 Å². The van der Waals surface area contributed by atoms with Gasteiger partial charge in [-0.3, -0.25) is 0 Å². The third-order valence-corrected chi connectivity index (χ3v) is 4.39. The molecular formula is C13H11BrF3NOS. The van der Waals surface area contributed by atoms with E-state index in [1.54, 1.807) is 23.5 Å². The largest absolute Gasteiger partial charge is 0.573 e. The molecule has 0 bridgehead atoms. The highest BCUT2D eigenvalue weighted by atomic mass is 79.9. The third-order valence-electron chi connectivity index (χ3n) is 2.46. The summed E-state index contributed by atoms with van der Waals surface area (Å²) >= 11 is 5.08. The van der Waals surface area contributed by atoms with Gasteiger partial charge < -0.3 is 10.1 Å². The Hall–Kier alpha value is -1.05.